The fourth-order valence-electron chi connectivity index (χ4n) is 3.08. The van der Waals surface area contributed by atoms with E-state index >= 15 is 0 Å². The zero-order valence-corrected chi connectivity index (χ0v) is 17.7. The van der Waals surface area contributed by atoms with E-state index in [0.717, 1.165) is 28.1 Å². The number of carbonyl (C=O) groups is 1. The van der Waals surface area contributed by atoms with Crippen LogP contribution >= 0.6 is 0 Å². The van der Waals surface area contributed by atoms with Gasteiger partial charge in [-0.05, 0) is 44.4 Å². The third kappa shape index (κ3) is 5.86. The molecule has 0 spiro atoms. The normalized spacial score (nSPS) is 12.2. The summed E-state index contributed by atoms with van der Waals surface area (Å²) in [6.07, 6.45) is 1.46. The number of hydrogen-bond donors (Lipinski definition) is 2. The van der Waals surface area contributed by atoms with E-state index in [1.165, 1.54) is 6.20 Å². The number of ether oxygens (including phenoxy) is 1. The third-order valence-corrected chi connectivity index (χ3v) is 4.60. The molecule has 152 valence electrons. The fraction of sp³-hybridized carbons (Fsp3) is 0.333. The third-order valence-electron chi connectivity index (χ3n) is 4.60. The van der Waals surface area contributed by atoms with Crippen molar-refractivity contribution in [2.24, 2.45) is 0 Å². The number of nitrogens with zero attached hydrogens (tertiary/aromatic N) is 1. The molecule has 5 heteroatoms. The average Bonchev–Trinajstić information content (AvgIpc) is 2.70. The van der Waals surface area contributed by atoms with Crippen LogP contribution in [-0.2, 0) is 4.79 Å². The van der Waals surface area contributed by atoms with Crippen molar-refractivity contribution in [3.63, 3.8) is 0 Å². The van der Waals surface area contributed by atoms with Crippen molar-refractivity contribution in [1.29, 1.82) is 5.26 Å². The Morgan fingerprint density at radius 1 is 1.17 bits per heavy atom. The molecule has 0 saturated carbocycles. The van der Waals surface area contributed by atoms with Crippen molar-refractivity contribution in [3.8, 4) is 11.8 Å². The van der Waals surface area contributed by atoms with Crippen molar-refractivity contribution in [2.45, 2.75) is 46.6 Å². The summed E-state index contributed by atoms with van der Waals surface area (Å²) in [5, 5.41) is 15.5. The highest BCUT2D eigenvalue weighted by atomic mass is 16.5. The molecule has 0 aliphatic carbocycles. The van der Waals surface area contributed by atoms with Crippen molar-refractivity contribution >= 4 is 11.6 Å². The minimum absolute atomic E-state index is 0.0148. The smallest absolute Gasteiger partial charge is 0.263 e. The molecule has 2 rings (SSSR count). The van der Waals surface area contributed by atoms with Gasteiger partial charge >= 0.3 is 0 Å². The van der Waals surface area contributed by atoms with Crippen LogP contribution < -0.4 is 15.4 Å². The van der Waals surface area contributed by atoms with E-state index in [4.69, 9.17) is 4.74 Å². The van der Waals surface area contributed by atoms with Crippen molar-refractivity contribution in [1.82, 2.24) is 5.32 Å². The molecular formula is C24H29N3O2. The van der Waals surface area contributed by atoms with Gasteiger partial charge in [-0.25, -0.2) is 0 Å². The number of nitriles is 1. The van der Waals surface area contributed by atoms with E-state index in [-0.39, 0.29) is 11.6 Å². The van der Waals surface area contributed by atoms with Gasteiger partial charge in [0.2, 0.25) is 0 Å². The number of carbonyl (C=O) groups excluding carboxylic acids is 1. The number of hydrogen-bond acceptors (Lipinski definition) is 4. The largest absolute Gasteiger partial charge is 0.494 e. The van der Waals surface area contributed by atoms with Crippen LogP contribution in [-0.4, -0.2) is 12.5 Å². The van der Waals surface area contributed by atoms with E-state index in [1.54, 1.807) is 0 Å². The molecule has 0 aromatic heterocycles. The van der Waals surface area contributed by atoms with Gasteiger partial charge in [0.25, 0.3) is 5.91 Å². The number of rotatable bonds is 8. The Kier molecular flexibility index (Phi) is 7.85. The summed E-state index contributed by atoms with van der Waals surface area (Å²) in [5.41, 5.74) is 3.98. The lowest BCUT2D eigenvalue weighted by Crippen LogP contribution is -2.28. The molecular weight excluding hydrogens is 362 g/mol. The topological polar surface area (TPSA) is 74.1 Å². The minimum atomic E-state index is -0.432. The Bertz CT molecular complexity index is 926. The highest BCUT2D eigenvalue weighted by molar-refractivity contribution is 5.97. The van der Waals surface area contributed by atoms with E-state index in [0.29, 0.717) is 12.5 Å². The molecule has 1 unspecified atom stereocenters. The Labute approximate surface area is 173 Å². The van der Waals surface area contributed by atoms with Crippen molar-refractivity contribution in [3.05, 3.63) is 70.9 Å². The predicted octanol–water partition coefficient (Wildman–Crippen LogP) is 5.21. The monoisotopic (exact) mass is 391 g/mol. The van der Waals surface area contributed by atoms with Gasteiger partial charge in [0.1, 0.15) is 17.4 Å². The highest BCUT2D eigenvalue weighted by Crippen LogP contribution is 2.27. The molecule has 0 radical (unpaired) electrons. The number of anilines is 1. The van der Waals surface area contributed by atoms with Gasteiger partial charge in [-0.15, -0.1) is 0 Å². The molecule has 0 bridgehead atoms. The molecule has 0 aliphatic rings. The first-order valence-corrected chi connectivity index (χ1v) is 9.87. The number of aryl methyl sites for hydroxylation is 1. The molecule has 2 N–H and O–H groups in total. The second kappa shape index (κ2) is 10.3. The zero-order chi connectivity index (χ0) is 21.4. The lowest BCUT2D eigenvalue weighted by Gasteiger charge is -2.18. The van der Waals surface area contributed by atoms with Crippen LogP contribution in [0.15, 0.2) is 54.2 Å². The summed E-state index contributed by atoms with van der Waals surface area (Å²) in [4.78, 5) is 12.7. The van der Waals surface area contributed by atoms with Crippen LogP contribution in [0.4, 0.5) is 5.69 Å². The van der Waals surface area contributed by atoms with E-state index in [1.807, 2.05) is 69.3 Å². The number of para-hydroxylation sites is 1. The summed E-state index contributed by atoms with van der Waals surface area (Å²) >= 11 is 0. The molecule has 2 aromatic carbocycles. The van der Waals surface area contributed by atoms with E-state index in [9.17, 15) is 10.1 Å². The first kappa shape index (κ1) is 22.0. The molecule has 5 nitrogen and oxygen atoms in total. The summed E-state index contributed by atoms with van der Waals surface area (Å²) in [7, 11) is 0. The standard InChI is InChI=1S/C24H29N3O2/c1-6-29-23-12-11-17(4)13-21(23)18(5)27-24(28)19(14-25)15-26-22-10-8-7-9-20(22)16(2)3/h7-13,15-16,18,26H,6H2,1-5H3,(H,27,28)/b19-15-. The van der Waals surface area contributed by atoms with Crippen LogP contribution in [0.5, 0.6) is 5.75 Å². The second-order valence-corrected chi connectivity index (χ2v) is 7.23. The molecule has 29 heavy (non-hydrogen) atoms. The Morgan fingerprint density at radius 2 is 1.90 bits per heavy atom. The number of benzene rings is 2. The van der Waals surface area contributed by atoms with Gasteiger partial charge in [-0.3, -0.25) is 4.79 Å². The summed E-state index contributed by atoms with van der Waals surface area (Å²) in [5.74, 6) is 0.626. The van der Waals surface area contributed by atoms with Crippen LogP contribution in [0, 0.1) is 18.3 Å². The van der Waals surface area contributed by atoms with Crippen molar-refractivity contribution < 1.29 is 9.53 Å². The van der Waals surface area contributed by atoms with Crippen LogP contribution in [0.1, 0.15) is 56.3 Å². The van der Waals surface area contributed by atoms with Crippen molar-refractivity contribution in [2.75, 3.05) is 11.9 Å². The van der Waals surface area contributed by atoms with Crippen LogP contribution in [0.2, 0.25) is 0 Å². The molecule has 0 saturated heterocycles. The average molecular weight is 392 g/mol. The maximum Gasteiger partial charge on any atom is 0.263 e. The summed E-state index contributed by atoms with van der Waals surface area (Å²) < 4.78 is 5.68. The van der Waals surface area contributed by atoms with Crippen LogP contribution in [0.25, 0.3) is 0 Å². The van der Waals surface area contributed by atoms with Gasteiger partial charge in [0.15, 0.2) is 0 Å². The lowest BCUT2D eigenvalue weighted by atomic mass is 10.0. The zero-order valence-electron chi connectivity index (χ0n) is 17.7. The molecule has 2 aromatic rings. The molecule has 1 atom stereocenters. The fourth-order valence-corrected chi connectivity index (χ4v) is 3.08. The van der Waals surface area contributed by atoms with E-state index < -0.39 is 5.91 Å². The molecule has 0 heterocycles. The predicted molar refractivity (Wildman–Crippen MR) is 117 cm³/mol. The maximum atomic E-state index is 12.7. The minimum Gasteiger partial charge on any atom is -0.494 e. The van der Waals surface area contributed by atoms with Gasteiger partial charge in [-0.1, -0.05) is 49.7 Å². The highest BCUT2D eigenvalue weighted by Gasteiger charge is 2.17. The van der Waals surface area contributed by atoms with Crippen LogP contribution in [0.3, 0.4) is 0 Å². The first-order valence-electron chi connectivity index (χ1n) is 9.87. The van der Waals surface area contributed by atoms with Gasteiger partial charge in [0, 0.05) is 17.5 Å². The number of amides is 1. The Hall–Kier alpha value is -3.26. The number of nitrogens with one attached hydrogen (secondary N) is 2. The molecule has 0 fully saturated rings. The maximum absolute atomic E-state index is 12.7. The summed E-state index contributed by atoms with van der Waals surface area (Å²) in [6, 6.07) is 15.4. The Balaban J connectivity index is 2.17. The SMILES string of the molecule is CCOc1ccc(C)cc1C(C)NC(=O)/C(C#N)=C\Nc1ccccc1C(C)C. The molecule has 1 amide bonds. The lowest BCUT2D eigenvalue weighted by molar-refractivity contribution is -0.117. The van der Waals surface area contributed by atoms with Gasteiger partial charge < -0.3 is 15.4 Å². The second-order valence-electron chi connectivity index (χ2n) is 7.23. The van der Waals surface area contributed by atoms with E-state index in [2.05, 4.69) is 24.5 Å². The quantitative estimate of drug-likeness (QED) is 0.478. The first-order chi connectivity index (χ1) is 13.9. The molecule has 0 aliphatic heterocycles. The Morgan fingerprint density at radius 3 is 2.55 bits per heavy atom. The summed E-state index contributed by atoms with van der Waals surface area (Å²) in [6.45, 7) is 10.5. The van der Waals surface area contributed by atoms with Gasteiger partial charge in [0.05, 0.1) is 12.6 Å². The van der Waals surface area contributed by atoms with Gasteiger partial charge in [-0.2, -0.15) is 5.26 Å².